The smallest absolute Gasteiger partial charge is 0.162 e. The Labute approximate surface area is 109 Å². The van der Waals surface area contributed by atoms with Crippen LogP contribution in [0.5, 0.6) is 11.5 Å². The van der Waals surface area contributed by atoms with E-state index in [4.69, 9.17) is 4.74 Å². The third kappa shape index (κ3) is 4.55. The summed E-state index contributed by atoms with van der Waals surface area (Å²) in [7, 11) is 0. The van der Waals surface area contributed by atoms with Crippen LogP contribution in [0.3, 0.4) is 0 Å². The van der Waals surface area contributed by atoms with Crippen LogP contribution in [0.2, 0.25) is 0 Å². The Balaban J connectivity index is 2.49. The molecule has 0 bridgehead atoms. The molecule has 0 aromatic heterocycles. The summed E-state index contributed by atoms with van der Waals surface area (Å²) in [4.78, 5) is 0. The first-order valence-corrected chi connectivity index (χ1v) is 6.51. The van der Waals surface area contributed by atoms with Crippen molar-refractivity contribution in [3.8, 4) is 11.5 Å². The van der Waals surface area contributed by atoms with Crippen molar-refractivity contribution >= 4 is 0 Å². The van der Waals surface area contributed by atoms with Gasteiger partial charge in [0.25, 0.3) is 0 Å². The number of ether oxygens (including phenoxy) is 1. The number of aliphatic hydroxyl groups is 1. The number of phenolic OH excluding ortho intramolecular Hbond substituents is 1. The summed E-state index contributed by atoms with van der Waals surface area (Å²) in [5.74, 6) is 0.683. The highest BCUT2D eigenvalue weighted by Crippen LogP contribution is 2.29. The lowest BCUT2D eigenvalue weighted by Crippen LogP contribution is -2.26. The molecule has 1 atom stereocenters. The molecule has 0 heterocycles. The van der Waals surface area contributed by atoms with E-state index in [1.807, 2.05) is 26.0 Å². The molecule has 1 aromatic rings. The minimum atomic E-state index is -0.327. The summed E-state index contributed by atoms with van der Waals surface area (Å²) in [5, 5.41) is 22.7. The normalized spacial score (nSPS) is 12.4. The van der Waals surface area contributed by atoms with Crippen molar-refractivity contribution in [2.45, 2.75) is 39.3 Å². The number of phenols is 1. The van der Waals surface area contributed by atoms with Gasteiger partial charge in [0.2, 0.25) is 0 Å². The zero-order valence-electron chi connectivity index (χ0n) is 11.1. The predicted octanol–water partition coefficient (Wildman–Crippen LogP) is 2.04. The Morgan fingerprint density at radius 2 is 2.11 bits per heavy atom. The van der Waals surface area contributed by atoms with Gasteiger partial charge in [-0.3, -0.25) is 0 Å². The van der Waals surface area contributed by atoms with E-state index in [2.05, 4.69) is 5.32 Å². The first kappa shape index (κ1) is 14.8. The van der Waals surface area contributed by atoms with Gasteiger partial charge in [-0.1, -0.05) is 25.5 Å². The van der Waals surface area contributed by atoms with E-state index in [0.29, 0.717) is 25.4 Å². The number of benzene rings is 1. The van der Waals surface area contributed by atoms with Gasteiger partial charge < -0.3 is 20.3 Å². The Hall–Kier alpha value is -1.26. The lowest BCUT2D eigenvalue weighted by atomic mass is 10.1. The van der Waals surface area contributed by atoms with Crippen molar-refractivity contribution in [2.75, 3.05) is 13.2 Å². The summed E-state index contributed by atoms with van der Waals surface area (Å²) in [6.45, 7) is 5.51. The predicted molar refractivity (Wildman–Crippen MR) is 71.9 cm³/mol. The third-order valence-corrected chi connectivity index (χ3v) is 2.70. The molecule has 1 rings (SSSR count). The summed E-state index contributed by atoms with van der Waals surface area (Å²) >= 11 is 0. The van der Waals surface area contributed by atoms with Gasteiger partial charge in [0, 0.05) is 18.7 Å². The quantitative estimate of drug-likeness (QED) is 0.663. The number of hydrogen-bond donors (Lipinski definition) is 3. The fourth-order valence-electron chi connectivity index (χ4n) is 1.79. The topological polar surface area (TPSA) is 61.7 Å². The van der Waals surface area contributed by atoms with E-state index in [0.717, 1.165) is 18.4 Å². The van der Waals surface area contributed by atoms with E-state index < -0.39 is 0 Å². The molecule has 1 unspecified atom stereocenters. The van der Waals surface area contributed by atoms with E-state index in [-0.39, 0.29) is 11.9 Å². The molecule has 0 spiro atoms. The van der Waals surface area contributed by atoms with Crippen molar-refractivity contribution in [3.05, 3.63) is 23.8 Å². The van der Waals surface area contributed by atoms with Crippen LogP contribution in [0.25, 0.3) is 0 Å². The number of rotatable bonds is 8. The van der Waals surface area contributed by atoms with Gasteiger partial charge >= 0.3 is 0 Å². The lowest BCUT2D eigenvalue weighted by Gasteiger charge is -2.13. The third-order valence-electron chi connectivity index (χ3n) is 2.70. The van der Waals surface area contributed by atoms with Crippen molar-refractivity contribution in [1.29, 1.82) is 0 Å². The summed E-state index contributed by atoms with van der Waals surface area (Å²) in [5.41, 5.74) is 0.782. The molecule has 3 N–H and O–H groups in total. The van der Waals surface area contributed by atoms with Gasteiger partial charge in [-0.05, 0) is 19.4 Å². The largest absolute Gasteiger partial charge is 0.504 e. The standard InChI is InChI=1S/C14H23NO3/c1-3-6-12(16)10-15-9-11-7-5-8-13(14(11)17)18-4-2/h5,7-8,12,15-17H,3-4,6,9-10H2,1-2H3. The maximum atomic E-state index is 9.96. The van der Waals surface area contributed by atoms with Crippen molar-refractivity contribution in [1.82, 2.24) is 5.32 Å². The van der Waals surface area contributed by atoms with E-state index in [1.54, 1.807) is 6.07 Å². The van der Waals surface area contributed by atoms with Gasteiger partial charge in [0.05, 0.1) is 12.7 Å². The second-order valence-electron chi connectivity index (χ2n) is 4.27. The second kappa shape index (κ2) is 7.95. The van der Waals surface area contributed by atoms with Gasteiger partial charge in [0.1, 0.15) is 0 Å². The van der Waals surface area contributed by atoms with Crippen LogP contribution in [-0.4, -0.2) is 29.5 Å². The molecule has 4 heteroatoms. The maximum Gasteiger partial charge on any atom is 0.162 e. The Morgan fingerprint density at radius 1 is 1.33 bits per heavy atom. The fraction of sp³-hybridized carbons (Fsp3) is 0.571. The molecule has 0 amide bonds. The first-order chi connectivity index (χ1) is 8.69. The fourth-order valence-corrected chi connectivity index (χ4v) is 1.79. The average Bonchev–Trinajstić information content (AvgIpc) is 2.34. The molecular weight excluding hydrogens is 230 g/mol. The molecule has 0 aliphatic rings. The average molecular weight is 253 g/mol. The zero-order valence-corrected chi connectivity index (χ0v) is 11.1. The molecule has 102 valence electrons. The molecule has 18 heavy (non-hydrogen) atoms. The molecule has 0 saturated carbocycles. The van der Waals surface area contributed by atoms with E-state index in [9.17, 15) is 10.2 Å². The molecular formula is C14H23NO3. The van der Waals surface area contributed by atoms with Gasteiger partial charge in [-0.15, -0.1) is 0 Å². The Bertz CT molecular complexity index is 355. The Kier molecular flexibility index (Phi) is 6.54. The zero-order chi connectivity index (χ0) is 13.4. The number of hydrogen-bond acceptors (Lipinski definition) is 4. The SMILES string of the molecule is CCCC(O)CNCc1cccc(OCC)c1O. The number of nitrogens with one attached hydrogen (secondary N) is 1. The number of para-hydroxylation sites is 1. The van der Waals surface area contributed by atoms with E-state index >= 15 is 0 Å². The molecule has 1 aromatic carbocycles. The Morgan fingerprint density at radius 3 is 2.78 bits per heavy atom. The maximum absolute atomic E-state index is 9.96. The number of aromatic hydroxyl groups is 1. The minimum Gasteiger partial charge on any atom is -0.504 e. The van der Waals surface area contributed by atoms with Crippen molar-refractivity contribution < 1.29 is 14.9 Å². The summed E-state index contributed by atoms with van der Waals surface area (Å²) in [6.07, 6.45) is 1.43. The van der Waals surface area contributed by atoms with Gasteiger partial charge in [-0.2, -0.15) is 0 Å². The molecule has 4 nitrogen and oxygen atoms in total. The van der Waals surface area contributed by atoms with E-state index in [1.165, 1.54) is 0 Å². The first-order valence-electron chi connectivity index (χ1n) is 6.51. The van der Waals surface area contributed by atoms with Crippen molar-refractivity contribution in [2.24, 2.45) is 0 Å². The molecule has 0 fully saturated rings. The van der Waals surface area contributed by atoms with Crippen LogP contribution in [0.15, 0.2) is 18.2 Å². The minimum absolute atomic E-state index is 0.178. The van der Waals surface area contributed by atoms with Crippen LogP contribution < -0.4 is 10.1 Å². The highest BCUT2D eigenvalue weighted by atomic mass is 16.5. The number of aliphatic hydroxyl groups excluding tert-OH is 1. The second-order valence-corrected chi connectivity index (χ2v) is 4.27. The molecule has 0 saturated heterocycles. The molecule has 0 aliphatic carbocycles. The van der Waals surface area contributed by atoms with Gasteiger partial charge in [-0.25, -0.2) is 0 Å². The van der Waals surface area contributed by atoms with Crippen molar-refractivity contribution in [3.63, 3.8) is 0 Å². The van der Waals surface area contributed by atoms with Gasteiger partial charge in [0.15, 0.2) is 11.5 Å². The summed E-state index contributed by atoms with van der Waals surface area (Å²) < 4.78 is 5.32. The lowest BCUT2D eigenvalue weighted by molar-refractivity contribution is 0.160. The van der Waals surface area contributed by atoms with Crippen LogP contribution >= 0.6 is 0 Å². The van der Waals surface area contributed by atoms with Crippen LogP contribution in [0.4, 0.5) is 0 Å². The monoisotopic (exact) mass is 253 g/mol. The highest BCUT2D eigenvalue weighted by molar-refractivity contribution is 5.45. The highest BCUT2D eigenvalue weighted by Gasteiger charge is 2.08. The van der Waals surface area contributed by atoms with Crippen LogP contribution in [0, 0.1) is 0 Å². The molecule has 0 radical (unpaired) electrons. The van der Waals surface area contributed by atoms with Crippen LogP contribution in [0.1, 0.15) is 32.3 Å². The molecule has 0 aliphatic heterocycles. The summed E-state index contributed by atoms with van der Waals surface area (Å²) in [6, 6.07) is 5.44. The van der Waals surface area contributed by atoms with Crippen LogP contribution in [-0.2, 0) is 6.54 Å².